The Morgan fingerprint density at radius 2 is 2.00 bits per heavy atom. The van der Waals surface area contributed by atoms with Gasteiger partial charge in [-0.3, -0.25) is 4.99 Å². The van der Waals surface area contributed by atoms with E-state index in [1.807, 2.05) is 0 Å². The van der Waals surface area contributed by atoms with E-state index < -0.39 is 0 Å². The van der Waals surface area contributed by atoms with Crippen LogP contribution in [0.1, 0.15) is 51.9 Å². The molecule has 0 bridgehead atoms. The molecule has 0 aromatic carbocycles. The van der Waals surface area contributed by atoms with Gasteiger partial charge in [-0.2, -0.15) is 0 Å². The molecule has 2 rings (SSSR count). The van der Waals surface area contributed by atoms with Crippen molar-refractivity contribution in [2.45, 2.75) is 58.0 Å². The first-order chi connectivity index (χ1) is 9.25. The van der Waals surface area contributed by atoms with E-state index in [0.717, 1.165) is 44.5 Å². The summed E-state index contributed by atoms with van der Waals surface area (Å²) in [5, 5.41) is 0. The predicted molar refractivity (Wildman–Crippen MR) is 79.3 cm³/mol. The van der Waals surface area contributed by atoms with Crippen LogP contribution in [-0.2, 0) is 4.74 Å². The molecule has 2 fully saturated rings. The van der Waals surface area contributed by atoms with Gasteiger partial charge in [-0.1, -0.05) is 12.8 Å². The van der Waals surface area contributed by atoms with E-state index in [4.69, 9.17) is 10.5 Å². The first-order valence-corrected chi connectivity index (χ1v) is 7.92. The standard InChI is InChI=1S/C15H29N3O/c1-13-12-14(7-11-19-13)6-8-17-15(16)18-9-4-2-3-5-10-18/h13-14H,2-12H2,1H3,(H2,16,17). The number of hydrogen-bond acceptors (Lipinski definition) is 2. The van der Waals surface area contributed by atoms with Gasteiger partial charge in [0.15, 0.2) is 5.96 Å². The van der Waals surface area contributed by atoms with Crippen LogP contribution in [0.15, 0.2) is 4.99 Å². The van der Waals surface area contributed by atoms with Crippen molar-refractivity contribution in [1.82, 2.24) is 4.90 Å². The molecule has 2 atom stereocenters. The summed E-state index contributed by atoms with van der Waals surface area (Å²) in [7, 11) is 0. The quantitative estimate of drug-likeness (QED) is 0.631. The minimum atomic E-state index is 0.422. The summed E-state index contributed by atoms with van der Waals surface area (Å²) in [5.74, 6) is 1.53. The van der Waals surface area contributed by atoms with E-state index in [0.29, 0.717) is 6.10 Å². The fourth-order valence-corrected chi connectivity index (χ4v) is 3.11. The minimum Gasteiger partial charge on any atom is -0.378 e. The number of likely N-dealkylation sites (tertiary alicyclic amines) is 1. The number of nitrogens with zero attached hydrogens (tertiary/aromatic N) is 2. The van der Waals surface area contributed by atoms with Gasteiger partial charge in [0.2, 0.25) is 0 Å². The van der Waals surface area contributed by atoms with E-state index in [1.165, 1.54) is 38.5 Å². The third-order valence-corrected chi connectivity index (χ3v) is 4.33. The van der Waals surface area contributed by atoms with Crippen LogP contribution in [-0.4, -0.2) is 43.2 Å². The lowest BCUT2D eigenvalue weighted by atomic mass is 9.93. The molecule has 0 aliphatic carbocycles. The first kappa shape index (κ1) is 14.6. The molecule has 2 heterocycles. The molecule has 2 N–H and O–H groups in total. The third kappa shape index (κ3) is 5.01. The summed E-state index contributed by atoms with van der Waals surface area (Å²) in [6, 6.07) is 0. The summed E-state index contributed by atoms with van der Waals surface area (Å²) in [6.07, 6.45) is 9.13. The number of rotatable bonds is 3. The average Bonchev–Trinajstić information content (AvgIpc) is 2.67. The maximum atomic E-state index is 6.11. The second kappa shape index (κ2) is 7.73. The van der Waals surface area contributed by atoms with Crippen LogP contribution in [0.4, 0.5) is 0 Å². The van der Waals surface area contributed by atoms with Crippen LogP contribution in [0.25, 0.3) is 0 Å². The topological polar surface area (TPSA) is 50.8 Å². The molecule has 4 heteroatoms. The molecule has 2 saturated heterocycles. The van der Waals surface area contributed by atoms with Gasteiger partial charge in [0.05, 0.1) is 6.10 Å². The molecular formula is C15H29N3O. The summed E-state index contributed by atoms with van der Waals surface area (Å²) in [6.45, 7) is 6.13. The van der Waals surface area contributed by atoms with Gasteiger partial charge in [-0.15, -0.1) is 0 Å². The van der Waals surface area contributed by atoms with Gasteiger partial charge >= 0.3 is 0 Å². The maximum Gasteiger partial charge on any atom is 0.191 e. The van der Waals surface area contributed by atoms with E-state index in [-0.39, 0.29) is 0 Å². The first-order valence-electron chi connectivity index (χ1n) is 7.92. The van der Waals surface area contributed by atoms with Gasteiger partial charge in [0.25, 0.3) is 0 Å². The van der Waals surface area contributed by atoms with Crippen molar-refractivity contribution in [3.05, 3.63) is 0 Å². The molecule has 0 amide bonds. The molecule has 0 saturated carbocycles. The smallest absolute Gasteiger partial charge is 0.191 e. The number of aliphatic imine (C=N–C) groups is 1. The Balaban J connectivity index is 1.71. The summed E-state index contributed by atoms with van der Waals surface area (Å²) in [4.78, 5) is 6.85. The highest BCUT2D eigenvalue weighted by molar-refractivity contribution is 5.78. The van der Waals surface area contributed by atoms with Crippen molar-refractivity contribution in [1.29, 1.82) is 0 Å². The Bertz CT molecular complexity index is 285. The largest absolute Gasteiger partial charge is 0.378 e. The van der Waals surface area contributed by atoms with E-state index >= 15 is 0 Å². The fraction of sp³-hybridized carbons (Fsp3) is 0.933. The molecule has 2 aliphatic rings. The van der Waals surface area contributed by atoms with Crippen LogP contribution in [0, 0.1) is 5.92 Å². The highest BCUT2D eigenvalue weighted by Crippen LogP contribution is 2.22. The maximum absolute atomic E-state index is 6.11. The van der Waals surface area contributed by atoms with E-state index in [2.05, 4.69) is 16.8 Å². The molecular weight excluding hydrogens is 238 g/mol. The lowest BCUT2D eigenvalue weighted by Gasteiger charge is -2.27. The second-order valence-electron chi connectivity index (χ2n) is 6.00. The zero-order valence-electron chi connectivity index (χ0n) is 12.3. The van der Waals surface area contributed by atoms with Crippen molar-refractivity contribution in [2.75, 3.05) is 26.2 Å². The summed E-state index contributed by atoms with van der Waals surface area (Å²) >= 11 is 0. The van der Waals surface area contributed by atoms with Crippen LogP contribution < -0.4 is 5.73 Å². The van der Waals surface area contributed by atoms with Crippen molar-refractivity contribution < 1.29 is 4.74 Å². The monoisotopic (exact) mass is 267 g/mol. The van der Waals surface area contributed by atoms with Crippen LogP contribution in [0.2, 0.25) is 0 Å². The lowest BCUT2D eigenvalue weighted by molar-refractivity contribution is 0.00147. The van der Waals surface area contributed by atoms with Gasteiger partial charge < -0.3 is 15.4 Å². The molecule has 0 spiro atoms. The van der Waals surface area contributed by atoms with E-state index in [9.17, 15) is 0 Å². The zero-order valence-corrected chi connectivity index (χ0v) is 12.3. The number of guanidine groups is 1. The normalized spacial score (nSPS) is 30.2. The molecule has 110 valence electrons. The number of nitrogens with two attached hydrogens (primary N) is 1. The highest BCUT2D eigenvalue weighted by atomic mass is 16.5. The number of hydrogen-bond donors (Lipinski definition) is 1. The average molecular weight is 267 g/mol. The van der Waals surface area contributed by atoms with Crippen molar-refractivity contribution in [2.24, 2.45) is 16.6 Å². The predicted octanol–water partition coefficient (Wildman–Crippen LogP) is 2.38. The van der Waals surface area contributed by atoms with E-state index in [1.54, 1.807) is 0 Å². The van der Waals surface area contributed by atoms with Crippen molar-refractivity contribution in [3.63, 3.8) is 0 Å². The molecule has 2 unspecified atom stereocenters. The van der Waals surface area contributed by atoms with Crippen LogP contribution >= 0.6 is 0 Å². The second-order valence-corrected chi connectivity index (χ2v) is 6.00. The Hall–Kier alpha value is -0.770. The van der Waals surface area contributed by atoms with Crippen molar-refractivity contribution >= 4 is 5.96 Å². The van der Waals surface area contributed by atoms with Crippen LogP contribution in [0.5, 0.6) is 0 Å². The number of ether oxygens (including phenoxy) is 1. The highest BCUT2D eigenvalue weighted by Gasteiger charge is 2.19. The third-order valence-electron chi connectivity index (χ3n) is 4.33. The van der Waals surface area contributed by atoms with Gasteiger partial charge in [-0.05, 0) is 44.9 Å². The summed E-state index contributed by atoms with van der Waals surface area (Å²) < 4.78 is 5.58. The van der Waals surface area contributed by atoms with Crippen molar-refractivity contribution in [3.8, 4) is 0 Å². The Labute approximate surface area is 117 Å². The molecule has 4 nitrogen and oxygen atoms in total. The molecule has 0 aromatic rings. The molecule has 0 radical (unpaired) electrons. The molecule has 19 heavy (non-hydrogen) atoms. The molecule has 2 aliphatic heterocycles. The Kier molecular flexibility index (Phi) is 5.95. The lowest BCUT2D eigenvalue weighted by Crippen LogP contribution is -2.38. The van der Waals surface area contributed by atoms with Gasteiger partial charge in [0.1, 0.15) is 0 Å². The van der Waals surface area contributed by atoms with Crippen LogP contribution in [0.3, 0.4) is 0 Å². The van der Waals surface area contributed by atoms with Gasteiger partial charge in [-0.25, -0.2) is 0 Å². The molecule has 0 aromatic heterocycles. The Morgan fingerprint density at radius 1 is 1.26 bits per heavy atom. The minimum absolute atomic E-state index is 0.422. The zero-order chi connectivity index (χ0) is 13.5. The fourth-order valence-electron chi connectivity index (χ4n) is 3.11. The van der Waals surface area contributed by atoms with Gasteiger partial charge in [0, 0.05) is 26.2 Å². The SMILES string of the molecule is CC1CC(CCN=C(N)N2CCCCCC2)CCO1. The Morgan fingerprint density at radius 3 is 2.68 bits per heavy atom. The summed E-state index contributed by atoms with van der Waals surface area (Å²) in [5.41, 5.74) is 6.11.